The van der Waals surface area contributed by atoms with Gasteiger partial charge in [0.05, 0.1) is 29.5 Å². The first kappa shape index (κ1) is 25.8. The summed E-state index contributed by atoms with van der Waals surface area (Å²) in [6, 6.07) is 17.8. The fraction of sp³-hybridized carbons (Fsp3) is 0.400. The van der Waals surface area contributed by atoms with E-state index in [1.807, 2.05) is 53.0 Å². The van der Waals surface area contributed by atoms with Crippen molar-refractivity contribution in [2.45, 2.75) is 63.5 Å². The molecule has 0 amide bonds. The highest BCUT2D eigenvalue weighted by Gasteiger charge is 2.35. The maximum Gasteiger partial charge on any atom is 0.259 e. The second-order valence-electron chi connectivity index (χ2n) is 10.2. The Hall–Kier alpha value is -3.80. The summed E-state index contributed by atoms with van der Waals surface area (Å²) in [6.45, 7) is 2.39. The molecule has 0 atom stereocenters. The highest BCUT2D eigenvalue weighted by Crippen LogP contribution is 2.35. The third-order valence-corrected chi connectivity index (χ3v) is 7.67. The third-order valence-electron chi connectivity index (χ3n) is 7.67. The van der Waals surface area contributed by atoms with Crippen LogP contribution < -0.4 is 5.56 Å². The van der Waals surface area contributed by atoms with Crippen LogP contribution in [-0.4, -0.2) is 43.6 Å². The van der Waals surface area contributed by atoms with Crippen molar-refractivity contribution in [1.29, 1.82) is 5.26 Å². The molecule has 0 saturated heterocycles. The van der Waals surface area contributed by atoms with E-state index in [2.05, 4.69) is 23.1 Å². The van der Waals surface area contributed by atoms with E-state index in [0.29, 0.717) is 50.1 Å². The van der Waals surface area contributed by atoms with Gasteiger partial charge >= 0.3 is 0 Å². The number of nitrogens with zero attached hydrogens (tertiary/aromatic N) is 5. The second-order valence-corrected chi connectivity index (χ2v) is 10.2. The molecule has 2 aromatic carbocycles. The van der Waals surface area contributed by atoms with Gasteiger partial charge in [-0.15, -0.1) is 0 Å². The smallest absolute Gasteiger partial charge is 0.259 e. The van der Waals surface area contributed by atoms with Gasteiger partial charge < -0.3 is 9.84 Å². The number of ether oxygens (including phenoxy) is 1. The minimum Gasteiger partial charge on any atom is -0.387 e. The van der Waals surface area contributed by atoms with Gasteiger partial charge in [-0.25, -0.2) is 4.52 Å². The van der Waals surface area contributed by atoms with Crippen LogP contribution in [0, 0.1) is 11.3 Å². The molecule has 8 nitrogen and oxygen atoms in total. The first-order valence-corrected chi connectivity index (χ1v) is 13.2. The molecule has 0 radical (unpaired) electrons. The summed E-state index contributed by atoms with van der Waals surface area (Å²) < 4.78 is 8.85. The molecule has 2 heterocycles. The molecule has 8 heteroatoms. The lowest BCUT2D eigenvalue weighted by atomic mass is 9.82. The maximum atomic E-state index is 14.1. The Balaban J connectivity index is 1.52. The Labute approximate surface area is 222 Å². The molecule has 4 aromatic rings. The maximum absolute atomic E-state index is 14.1. The zero-order chi connectivity index (χ0) is 26.7. The van der Waals surface area contributed by atoms with Crippen LogP contribution >= 0.6 is 0 Å². The van der Waals surface area contributed by atoms with E-state index in [9.17, 15) is 15.2 Å². The van der Waals surface area contributed by atoms with Crippen molar-refractivity contribution in [3.63, 3.8) is 0 Å². The number of aryl methyl sites for hydroxylation is 1. The molecule has 2 aromatic heterocycles. The topological polar surface area (TPSA) is 105 Å². The molecule has 196 valence electrons. The zero-order valence-electron chi connectivity index (χ0n) is 21.9. The number of nitriles is 1. The number of hydrogen-bond donors (Lipinski definition) is 1. The van der Waals surface area contributed by atoms with Crippen LogP contribution in [0.25, 0.3) is 16.9 Å². The van der Waals surface area contributed by atoms with E-state index < -0.39 is 5.60 Å². The standard InChI is InChI=1S/C30H33N5O3/c1-3-6-27-26(17-21-9-11-22(12-10-21)25-8-5-4-7-23(25)18-31)28(36)34(29-32-20-33-35(27)29)24-13-15-30(37,16-14-24)19-38-2/h4-5,7-12,20,24,37H,3,6,13-17,19H2,1-2H3/t24-,30-. The number of methoxy groups -OCH3 is 1. The predicted octanol–water partition coefficient (Wildman–Crippen LogP) is 4.47. The minimum atomic E-state index is -0.851. The lowest BCUT2D eigenvalue weighted by Crippen LogP contribution is -2.41. The summed E-state index contributed by atoms with van der Waals surface area (Å²) >= 11 is 0. The molecule has 0 unspecified atom stereocenters. The van der Waals surface area contributed by atoms with Crippen LogP contribution in [0.1, 0.15) is 67.5 Å². The molecule has 1 N–H and O–H groups in total. The first-order valence-electron chi connectivity index (χ1n) is 13.2. The predicted molar refractivity (Wildman–Crippen MR) is 145 cm³/mol. The van der Waals surface area contributed by atoms with E-state index >= 15 is 0 Å². The SMILES string of the molecule is CCCc1c(Cc2ccc(-c3ccccc3C#N)cc2)c(=O)n([C@H]2CC[C@@](O)(COC)CC2)c2ncnn12. The monoisotopic (exact) mass is 511 g/mol. The van der Waals surface area contributed by atoms with E-state index in [4.69, 9.17) is 4.74 Å². The summed E-state index contributed by atoms with van der Waals surface area (Å²) in [6.07, 6.45) is 6.06. The van der Waals surface area contributed by atoms with E-state index in [-0.39, 0.29) is 11.6 Å². The minimum absolute atomic E-state index is 0.0324. The van der Waals surface area contributed by atoms with Crippen molar-refractivity contribution in [2.75, 3.05) is 13.7 Å². The molecule has 1 fully saturated rings. The van der Waals surface area contributed by atoms with Gasteiger partial charge in [-0.3, -0.25) is 9.36 Å². The number of rotatable bonds is 8. The van der Waals surface area contributed by atoms with Gasteiger partial charge in [0.2, 0.25) is 5.78 Å². The van der Waals surface area contributed by atoms with Crippen LogP contribution in [0.4, 0.5) is 0 Å². The molecule has 1 aliphatic carbocycles. The van der Waals surface area contributed by atoms with Gasteiger partial charge in [-0.05, 0) is 54.9 Å². The van der Waals surface area contributed by atoms with Gasteiger partial charge in [0.15, 0.2) is 0 Å². The van der Waals surface area contributed by atoms with Crippen molar-refractivity contribution in [2.24, 2.45) is 0 Å². The van der Waals surface area contributed by atoms with Gasteiger partial charge in [0.25, 0.3) is 5.56 Å². The van der Waals surface area contributed by atoms with Gasteiger partial charge in [0.1, 0.15) is 6.33 Å². The largest absolute Gasteiger partial charge is 0.387 e. The molecule has 1 saturated carbocycles. The Bertz CT molecular complexity index is 1520. The number of aliphatic hydroxyl groups is 1. The number of fused-ring (bicyclic) bond motifs is 1. The molecule has 5 rings (SSSR count). The van der Waals surface area contributed by atoms with Crippen LogP contribution in [0.2, 0.25) is 0 Å². The molecular weight excluding hydrogens is 478 g/mol. The van der Waals surface area contributed by atoms with E-state index in [0.717, 1.165) is 40.8 Å². The average Bonchev–Trinajstić information content (AvgIpc) is 3.41. The number of benzene rings is 2. The van der Waals surface area contributed by atoms with Crippen molar-refractivity contribution in [3.8, 4) is 17.2 Å². The molecular formula is C30H33N5O3. The fourth-order valence-corrected chi connectivity index (χ4v) is 5.73. The van der Waals surface area contributed by atoms with Crippen LogP contribution in [0.15, 0.2) is 59.7 Å². The first-order chi connectivity index (χ1) is 18.5. The van der Waals surface area contributed by atoms with E-state index in [1.54, 1.807) is 11.7 Å². The van der Waals surface area contributed by atoms with Gasteiger partial charge in [0, 0.05) is 25.1 Å². The number of hydrogen-bond acceptors (Lipinski definition) is 6. The highest BCUT2D eigenvalue weighted by atomic mass is 16.5. The molecule has 38 heavy (non-hydrogen) atoms. The molecule has 0 bridgehead atoms. The molecule has 0 aliphatic heterocycles. The number of aromatic nitrogens is 4. The summed E-state index contributed by atoms with van der Waals surface area (Å²) in [5.74, 6) is 0.563. The van der Waals surface area contributed by atoms with Crippen molar-refractivity contribution in [1.82, 2.24) is 19.2 Å². The Morgan fingerprint density at radius 2 is 1.89 bits per heavy atom. The Morgan fingerprint density at radius 1 is 1.16 bits per heavy atom. The molecule has 0 spiro atoms. The van der Waals surface area contributed by atoms with Crippen LogP contribution in [0.5, 0.6) is 0 Å². The fourth-order valence-electron chi connectivity index (χ4n) is 5.73. The van der Waals surface area contributed by atoms with Gasteiger partial charge in [-0.2, -0.15) is 15.3 Å². The Morgan fingerprint density at radius 3 is 2.58 bits per heavy atom. The zero-order valence-corrected chi connectivity index (χ0v) is 21.9. The lowest BCUT2D eigenvalue weighted by Gasteiger charge is -2.36. The highest BCUT2D eigenvalue weighted by molar-refractivity contribution is 5.70. The molecule has 1 aliphatic rings. The summed E-state index contributed by atoms with van der Waals surface area (Å²) in [5, 5.41) is 24.8. The third kappa shape index (κ3) is 4.87. The van der Waals surface area contributed by atoms with Gasteiger partial charge in [-0.1, -0.05) is 55.8 Å². The second kappa shape index (κ2) is 10.9. The Kier molecular flexibility index (Phi) is 7.41. The van der Waals surface area contributed by atoms with Crippen molar-refractivity contribution < 1.29 is 9.84 Å². The van der Waals surface area contributed by atoms with Crippen LogP contribution in [0.3, 0.4) is 0 Å². The lowest BCUT2D eigenvalue weighted by molar-refractivity contribution is -0.0629. The van der Waals surface area contributed by atoms with Crippen molar-refractivity contribution >= 4 is 5.78 Å². The van der Waals surface area contributed by atoms with Crippen LogP contribution in [-0.2, 0) is 17.6 Å². The average molecular weight is 512 g/mol. The summed E-state index contributed by atoms with van der Waals surface area (Å²) in [5.41, 5.74) is 4.25. The quantitative estimate of drug-likeness (QED) is 0.374. The van der Waals surface area contributed by atoms with E-state index in [1.165, 1.54) is 6.33 Å². The normalized spacial score (nSPS) is 19.5. The summed E-state index contributed by atoms with van der Waals surface area (Å²) in [4.78, 5) is 18.6. The van der Waals surface area contributed by atoms with Crippen molar-refractivity contribution in [3.05, 3.63) is 87.6 Å². The summed E-state index contributed by atoms with van der Waals surface area (Å²) in [7, 11) is 1.60.